The predicted octanol–water partition coefficient (Wildman–Crippen LogP) is 1.70. The molecule has 0 bridgehead atoms. The Morgan fingerprint density at radius 3 is 2.89 bits per heavy atom. The number of nitrogens with one attached hydrogen (secondary N) is 2. The molecular formula is C14H21N3OS. The van der Waals surface area contributed by atoms with Crippen LogP contribution in [0, 0.1) is 6.92 Å². The molecule has 1 aliphatic heterocycles. The van der Waals surface area contributed by atoms with Crippen LogP contribution in [0.2, 0.25) is 0 Å². The molecule has 1 saturated heterocycles. The highest BCUT2D eigenvalue weighted by molar-refractivity contribution is 7.99. The molecule has 1 aromatic carbocycles. The molecule has 19 heavy (non-hydrogen) atoms. The quantitative estimate of drug-likeness (QED) is 0.884. The molecule has 1 aliphatic rings. The second kappa shape index (κ2) is 6.30. The molecule has 0 radical (unpaired) electrons. The van der Waals surface area contributed by atoms with Crippen molar-refractivity contribution in [1.82, 2.24) is 5.32 Å². The molecule has 1 fully saturated rings. The van der Waals surface area contributed by atoms with Gasteiger partial charge in [-0.2, -0.15) is 11.8 Å². The fourth-order valence-electron chi connectivity index (χ4n) is 2.13. The third-order valence-electron chi connectivity index (χ3n) is 3.20. The molecule has 1 unspecified atom stereocenters. The van der Waals surface area contributed by atoms with Crippen LogP contribution in [0.15, 0.2) is 18.2 Å². The fraction of sp³-hybridized carbons (Fsp3) is 0.500. The Balaban J connectivity index is 2.06. The van der Waals surface area contributed by atoms with Gasteiger partial charge in [0.25, 0.3) is 0 Å². The van der Waals surface area contributed by atoms with Gasteiger partial charge in [0.2, 0.25) is 5.91 Å². The molecule has 1 atom stereocenters. The normalized spacial score (nSPS) is 19.0. The van der Waals surface area contributed by atoms with Crippen LogP contribution in [0.25, 0.3) is 0 Å². The lowest BCUT2D eigenvalue weighted by Crippen LogP contribution is -2.46. The van der Waals surface area contributed by atoms with Gasteiger partial charge in [-0.15, -0.1) is 0 Å². The number of hydrogen-bond acceptors (Lipinski definition) is 4. The molecule has 4 nitrogen and oxygen atoms in total. The zero-order valence-corrected chi connectivity index (χ0v) is 12.5. The lowest BCUT2D eigenvalue weighted by Gasteiger charge is -2.23. The Morgan fingerprint density at radius 2 is 2.26 bits per heavy atom. The number of carbonyl (C=O) groups is 1. The number of aryl methyl sites for hydroxylation is 1. The minimum Gasteiger partial charge on any atom is -0.377 e. The fourth-order valence-corrected chi connectivity index (χ4v) is 3.07. The maximum atomic E-state index is 12.1. The van der Waals surface area contributed by atoms with Crippen molar-refractivity contribution in [1.29, 1.82) is 0 Å². The third kappa shape index (κ3) is 3.64. The molecular weight excluding hydrogens is 258 g/mol. The van der Waals surface area contributed by atoms with E-state index >= 15 is 0 Å². The van der Waals surface area contributed by atoms with Crippen molar-refractivity contribution in [2.24, 2.45) is 0 Å². The number of benzene rings is 1. The van der Waals surface area contributed by atoms with E-state index in [1.807, 2.05) is 44.1 Å². The molecule has 1 aromatic rings. The van der Waals surface area contributed by atoms with Gasteiger partial charge < -0.3 is 15.5 Å². The van der Waals surface area contributed by atoms with Gasteiger partial charge in [-0.05, 0) is 24.6 Å². The molecule has 104 valence electrons. The van der Waals surface area contributed by atoms with Crippen LogP contribution < -0.4 is 15.5 Å². The molecule has 0 saturated carbocycles. The summed E-state index contributed by atoms with van der Waals surface area (Å²) in [6.07, 6.45) is 0. The minimum absolute atomic E-state index is 0.0563. The summed E-state index contributed by atoms with van der Waals surface area (Å²) < 4.78 is 0. The molecule has 1 heterocycles. The van der Waals surface area contributed by atoms with E-state index in [2.05, 4.69) is 22.5 Å². The monoisotopic (exact) mass is 279 g/mol. The SMILES string of the molecule is Cc1ccc(NC(=O)C2CSCCN2)cc1N(C)C. The first kappa shape index (κ1) is 14.2. The summed E-state index contributed by atoms with van der Waals surface area (Å²) in [6, 6.07) is 5.93. The average molecular weight is 279 g/mol. The van der Waals surface area contributed by atoms with Crippen molar-refractivity contribution in [3.05, 3.63) is 23.8 Å². The van der Waals surface area contributed by atoms with Gasteiger partial charge in [0, 0.05) is 43.5 Å². The van der Waals surface area contributed by atoms with E-state index in [1.54, 1.807) is 0 Å². The number of anilines is 2. The molecule has 2 rings (SSSR count). The Morgan fingerprint density at radius 1 is 1.47 bits per heavy atom. The van der Waals surface area contributed by atoms with Gasteiger partial charge >= 0.3 is 0 Å². The number of thioether (sulfide) groups is 1. The summed E-state index contributed by atoms with van der Waals surface area (Å²) in [5.74, 6) is 1.98. The molecule has 1 amide bonds. The van der Waals surface area contributed by atoms with Crippen molar-refractivity contribution in [2.75, 3.05) is 42.4 Å². The Kier molecular flexibility index (Phi) is 4.71. The number of nitrogens with zero attached hydrogens (tertiary/aromatic N) is 1. The summed E-state index contributed by atoms with van der Waals surface area (Å²) in [5.41, 5.74) is 3.19. The summed E-state index contributed by atoms with van der Waals surface area (Å²) in [5, 5.41) is 6.24. The molecule has 2 N–H and O–H groups in total. The lowest BCUT2D eigenvalue weighted by molar-refractivity contribution is -0.117. The van der Waals surface area contributed by atoms with Crippen LogP contribution in [-0.2, 0) is 4.79 Å². The van der Waals surface area contributed by atoms with Crippen molar-refractivity contribution in [2.45, 2.75) is 13.0 Å². The third-order valence-corrected chi connectivity index (χ3v) is 4.26. The standard InChI is InChI=1S/C14H21N3OS/c1-10-4-5-11(8-13(10)17(2)3)16-14(18)12-9-19-7-6-15-12/h4-5,8,12,15H,6-7,9H2,1-3H3,(H,16,18). The predicted molar refractivity (Wildman–Crippen MR) is 83.3 cm³/mol. The second-order valence-corrected chi connectivity index (χ2v) is 6.12. The highest BCUT2D eigenvalue weighted by atomic mass is 32.2. The van der Waals surface area contributed by atoms with Crippen molar-refractivity contribution >= 4 is 29.0 Å². The largest absolute Gasteiger partial charge is 0.377 e. The van der Waals surface area contributed by atoms with Crippen LogP contribution in [0.5, 0.6) is 0 Å². The number of hydrogen-bond donors (Lipinski definition) is 2. The van der Waals surface area contributed by atoms with E-state index < -0.39 is 0 Å². The van der Waals surface area contributed by atoms with Gasteiger partial charge in [-0.25, -0.2) is 0 Å². The average Bonchev–Trinajstić information content (AvgIpc) is 2.41. The summed E-state index contributed by atoms with van der Waals surface area (Å²) in [7, 11) is 4.01. The van der Waals surface area contributed by atoms with Crippen molar-refractivity contribution < 1.29 is 4.79 Å². The van der Waals surface area contributed by atoms with Gasteiger partial charge in [-0.3, -0.25) is 4.79 Å². The van der Waals surface area contributed by atoms with Gasteiger partial charge in [0.05, 0.1) is 6.04 Å². The van der Waals surface area contributed by atoms with Gasteiger partial charge in [0.1, 0.15) is 0 Å². The zero-order chi connectivity index (χ0) is 13.8. The molecule has 0 aromatic heterocycles. The van der Waals surface area contributed by atoms with Crippen LogP contribution in [0.3, 0.4) is 0 Å². The topological polar surface area (TPSA) is 44.4 Å². The maximum Gasteiger partial charge on any atom is 0.242 e. The lowest BCUT2D eigenvalue weighted by atomic mass is 10.1. The first-order valence-corrected chi connectivity index (χ1v) is 7.63. The van der Waals surface area contributed by atoms with E-state index in [0.29, 0.717) is 0 Å². The first-order chi connectivity index (χ1) is 9.08. The number of carbonyl (C=O) groups excluding carboxylic acids is 1. The van der Waals surface area contributed by atoms with Crippen LogP contribution >= 0.6 is 11.8 Å². The summed E-state index contributed by atoms with van der Waals surface area (Å²) >= 11 is 1.82. The Hall–Kier alpha value is -1.20. The summed E-state index contributed by atoms with van der Waals surface area (Å²) in [6.45, 7) is 2.97. The molecule has 0 aliphatic carbocycles. The van der Waals surface area contributed by atoms with E-state index in [9.17, 15) is 4.79 Å². The van der Waals surface area contributed by atoms with E-state index in [0.717, 1.165) is 29.4 Å². The van der Waals surface area contributed by atoms with Crippen LogP contribution in [0.4, 0.5) is 11.4 Å². The maximum absolute atomic E-state index is 12.1. The zero-order valence-electron chi connectivity index (χ0n) is 11.7. The van der Waals surface area contributed by atoms with Crippen molar-refractivity contribution in [3.63, 3.8) is 0 Å². The van der Waals surface area contributed by atoms with Crippen molar-refractivity contribution in [3.8, 4) is 0 Å². The van der Waals surface area contributed by atoms with E-state index in [1.165, 1.54) is 5.56 Å². The second-order valence-electron chi connectivity index (χ2n) is 4.97. The summed E-state index contributed by atoms with van der Waals surface area (Å²) in [4.78, 5) is 14.2. The Labute approximate surface area is 118 Å². The highest BCUT2D eigenvalue weighted by Gasteiger charge is 2.20. The molecule has 5 heteroatoms. The first-order valence-electron chi connectivity index (χ1n) is 6.48. The van der Waals surface area contributed by atoms with Gasteiger partial charge in [-0.1, -0.05) is 6.07 Å². The Bertz CT molecular complexity index is 456. The minimum atomic E-state index is -0.0807. The van der Waals surface area contributed by atoms with E-state index in [4.69, 9.17) is 0 Å². The van der Waals surface area contributed by atoms with Crippen LogP contribution in [0.1, 0.15) is 5.56 Å². The molecule has 0 spiro atoms. The van der Waals surface area contributed by atoms with Gasteiger partial charge in [0.15, 0.2) is 0 Å². The highest BCUT2D eigenvalue weighted by Crippen LogP contribution is 2.22. The van der Waals surface area contributed by atoms with Crippen LogP contribution in [-0.4, -0.2) is 44.1 Å². The number of amides is 1. The van der Waals surface area contributed by atoms with E-state index in [-0.39, 0.29) is 11.9 Å². The number of rotatable bonds is 3. The smallest absolute Gasteiger partial charge is 0.242 e.